The van der Waals surface area contributed by atoms with Gasteiger partial charge in [-0.05, 0) is 11.5 Å². The third kappa shape index (κ3) is 3.77. The van der Waals surface area contributed by atoms with Crippen LogP contribution in [0, 0.1) is 0 Å². The molecule has 0 bridgehead atoms. The van der Waals surface area contributed by atoms with Gasteiger partial charge in [-0.15, -0.1) is 0 Å². The zero-order chi connectivity index (χ0) is 10.3. The topological polar surface area (TPSA) is 9.23 Å². The van der Waals surface area contributed by atoms with Crippen molar-refractivity contribution in [1.29, 1.82) is 0 Å². The number of hydrogen-bond donors (Lipinski definition) is 0. The average Bonchev–Trinajstić information content (AvgIpc) is 2.18. The molecule has 1 atom stereocenters. The van der Waals surface area contributed by atoms with Crippen LogP contribution in [-0.4, -0.2) is 15.5 Å². The smallest absolute Gasteiger partial charge is 0.0938 e. The minimum Gasteiger partial charge on any atom is -0.434 e. The van der Waals surface area contributed by atoms with Gasteiger partial charge in [0.2, 0.25) is 0 Å². The van der Waals surface area contributed by atoms with Crippen LogP contribution in [0.5, 0.6) is 0 Å². The van der Waals surface area contributed by atoms with Crippen LogP contribution in [0.15, 0.2) is 12.8 Å². The van der Waals surface area contributed by atoms with Crippen molar-refractivity contribution in [1.82, 2.24) is 0 Å². The van der Waals surface area contributed by atoms with E-state index in [0.717, 1.165) is 19.3 Å². The maximum Gasteiger partial charge on any atom is 0.0938 e. The Kier molecular flexibility index (Phi) is 6.60. The fourth-order valence-corrected chi connectivity index (χ4v) is 2.58. The van der Waals surface area contributed by atoms with Gasteiger partial charge in [0.25, 0.3) is 0 Å². The molecule has 1 nitrogen and oxygen atoms in total. The highest BCUT2D eigenvalue weighted by Gasteiger charge is 2.31. The standard InChI is InChI=1S/C10H19OSSi/c1-5-9(12-11-8-4)10(13,6-2)7-3/h8-9H,4-7H2,1-3H3. The average molecular weight is 215 g/mol. The van der Waals surface area contributed by atoms with Crippen molar-refractivity contribution < 1.29 is 4.18 Å². The normalized spacial score (nSPS) is 13.8. The van der Waals surface area contributed by atoms with Crippen LogP contribution >= 0.6 is 12.0 Å². The lowest BCUT2D eigenvalue weighted by molar-refractivity contribution is 0.465. The highest BCUT2D eigenvalue weighted by molar-refractivity contribution is 7.95. The van der Waals surface area contributed by atoms with Gasteiger partial charge in [0.05, 0.1) is 18.3 Å². The summed E-state index contributed by atoms with van der Waals surface area (Å²) >= 11 is 1.51. The molecule has 0 heterocycles. The van der Waals surface area contributed by atoms with Gasteiger partial charge in [0, 0.05) is 15.5 Å². The molecule has 0 saturated carbocycles. The van der Waals surface area contributed by atoms with Crippen molar-refractivity contribution >= 4 is 22.3 Å². The van der Waals surface area contributed by atoms with Gasteiger partial charge >= 0.3 is 0 Å². The molecule has 0 spiro atoms. The second-order valence-electron chi connectivity index (χ2n) is 3.12. The highest BCUT2D eigenvalue weighted by Crippen LogP contribution is 2.43. The molecule has 0 aromatic rings. The van der Waals surface area contributed by atoms with Crippen LogP contribution in [0.4, 0.5) is 0 Å². The Morgan fingerprint density at radius 2 is 2.00 bits per heavy atom. The van der Waals surface area contributed by atoms with Crippen molar-refractivity contribution in [3.8, 4) is 0 Å². The first-order valence-electron chi connectivity index (χ1n) is 4.82. The Bertz CT molecular complexity index is 146. The van der Waals surface area contributed by atoms with Crippen LogP contribution in [0.2, 0.25) is 5.04 Å². The number of hydrogen-bond acceptors (Lipinski definition) is 2. The second kappa shape index (κ2) is 6.54. The maximum atomic E-state index is 5.19. The van der Waals surface area contributed by atoms with Gasteiger partial charge in [0.1, 0.15) is 0 Å². The van der Waals surface area contributed by atoms with Crippen molar-refractivity contribution in [2.24, 2.45) is 0 Å². The molecule has 13 heavy (non-hydrogen) atoms. The van der Waals surface area contributed by atoms with E-state index in [1.807, 2.05) is 0 Å². The van der Waals surface area contributed by atoms with E-state index in [4.69, 9.17) is 4.18 Å². The van der Waals surface area contributed by atoms with Gasteiger partial charge in [0.15, 0.2) is 0 Å². The molecule has 0 aromatic heterocycles. The van der Waals surface area contributed by atoms with Crippen LogP contribution in [0.3, 0.4) is 0 Å². The molecule has 1 unspecified atom stereocenters. The van der Waals surface area contributed by atoms with E-state index in [9.17, 15) is 0 Å². The maximum absolute atomic E-state index is 5.19. The Balaban J connectivity index is 4.24. The summed E-state index contributed by atoms with van der Waals surface area (Å²) in [5.41, 5.74) is 0. The number of rotatable bonds is 7. The molecule has 0 N–H and O–H groups in total. The third-order valence-electron chi connectivity index (χ3n) is 2.49. The molecular formula is C10H19OSSi. The SMILES string of the molecule is C=COSC(CC)C([Si])(CC)CC. The monoisotopic (exact) mass is 215 g/mol. The zero-order valence-corrected chi connectivity index (χ0v) is 10.6. The minimum atomic E-state index is 0.197. The molecule has 0 aliphatic carbocycles. The van der Waals surface area contributed by atoms with E-state index < -0.39 is 0 Å². The Labute approximate surface area is 90.0 Å². The largest absolute Gasteiger partial charge is 0.434 e. The predicted octanol–water partition coefficient (Wildman–Crippen LogP) is 3.72. The van der Waals surface area contributed by atoms with Crippen molar-refractivity contribution in [3.05, 3.63) is 12.8 Å². The third-order valence-corrected chi connectivity index (χ3v) is 5.02. The zero-order valence-electron chi connectivity index (χ0n) is 8.80. The van der Waals surface area contributed by atoms with E-state index in [1.54, 1.807) is 0 Å². The predicted molar refractivity (Wildman–Crippen MR) is 62.0 cm³/mol. The van der Waals surface area contributed by atoms with Crippen molar-refractivity contribution in [3.63, 3.8) is 0 Å². The lowest BCUT2D eigenvalue weighted by atomic mass is 9.96. The molecule has 0 aliphatic rings. The molecule has 0 rings (SSSR count). The van der Waals surface area contributed by atoms with Gasteiger partial charge in [-0.1, -0.05) is 40.2 Å². The summed E-state index contributed by atoms with van der Waals surface area (Å²) in [5.74, 6) is 0. The molecule has 3 heteroatoms. The van der Waals surface area contributed by atoms with E-state index in [-0.39, 0.29) is 5.04 Å². The Hall–Kier alpha value is 0.107. The van der Waals surface area contributed by atoms with E-state index in [0.29, 0.717) is 5.25 Å². The summed E-state index contributed by atoms with van der Waals surface area (Å²) in [7, 11) is 3.86. The first kappa shape index (κ1) is 13.1. The first-order valence-corrected chi connectivity index (χ1v) is 6.13. The van der Waals surface area contributed by atoms with Crippen molar-refractivity contribution in [2.45, 2.75) is 50.3 Å². The van der Waals surface area contributed by atoms with Crippen LogP contribution in [-0.2, 0) is 4.18 Å². The van der Waals surface area contributed by atoms with Gasteiger partial charge in [-0.25, -0.2) is 0 Å². The molecule has 0 amide bonds. The van der Waals surface area contributed by atoms with Gasteiger partial charge < -0.3 is 4.18 Å². The fraction of sp³-hybridized carbons (Fsp3) is 0.800. The minimum absolute atomic E-state index is 0.197. The van der Waals surface area contributed by atoms with Crippen LogP contribution in [0.1, 0.15) is 40.0 Å². The quantitative estimate of drug-likeness (QED) is 0.364. The van der Waals surface area contributed by atoms with Gasteiger partial charge in [-0.3, -0.25) is 0 Å². The molecule has 3 radical (unpaired) electrons. The summed E-state index contributed by atoms with van der Waals surface area (Å²) in [6.07, 6.45) is 4.83. The second-order valence-corrected chi connectivity index (χ2v) is 5.07. The van der Waals surface area contributed by atoms with Crippen LogP contribution in [0.25, 0.3) is 0 Å². The lowest BCUT2D eigenvalue weighted by Crippen LogP contribution is -2.24. The summed E-state index contributed by atoms with van der Waals surface area (Å²) in [6.45, 7) is 10.1. The first-order chi connectivity index (χ1) is 6.14. The summed E-state index contributed by atoms with van der Waals surface area (Å²) < 4.78 is 5.19. The molecule has 0 aromatic carbocycles. The summed E-state index contributed by atoms with van der Waals surface area (Å²) in [6, 6.07) is 0. The molecule has 0 aliphatic heterocycles. The fourth-order valence-electron chi connectivity index (χ4n) is 1.36. The van der Waals surface area contributed by atoms with Crippen molar-refractivity contribution in [2.75, 3.05) is 0 Å². The summed E-state index contributed by atoms with van der Waals surface area (Å²) in [4.78, 5) is 0. The Morgan fingerprint density at radius 3 is 2.31 bits per heavy atom. The molecule has 0 saturated heterocycles. The molecular weight excluding hydrogens is 196 g/mol. The van der Waals surface area contributed by atoms with E-state index in [1.165, 1.54) is 18.3 Å². The Morgan fingerprint density at radius 1 is 1.46 bits per heavy atom. The van der Waals surface area contributed by atoms with Crippen LogP contribution < -0.4 is 0 Å². The summed E-state index contributed by atoms with van der Waals surface area (Å²) in [5, 5.41) is 0.680. The van der Waals surface area contributed by atoms with Gasteiger partial charge in [-0.2, -0.15) is 0 Å². The molecule has 0 fully saturated rings. The van der Waals surface area contributed by atoms with E-state index in [2.05, 4.69) is 37.6 Å². The molecule has 75 valence electrons. The lowest BCUT2D eigenvalue weighted by Gasteiger charge is -2.33. The van der Waals surface area contributed by atoms with E-state index >= 15 is 0 Å². The highest BCUT2D eigenvalue weighted by atomic mass is 32.2.